The van der Waals surface area contributed by atoms with Crippen molar-refractivity contribution >= 4 is 0 Å². The molecule has 1 atom stereocenters. The van der Waals surface area contributed by atoms with Crippen molar-refractivity contribution in [3.05, 3.63) is 41.4 Å². The zero-order valence-electron chi connectivity index (χ0n) is 9.69. The van der Waals surface area contributed by atoms with Gasteiger partial charge in [-0.2, -0.15) is 0 Å². The van der Waals surface area contributed by atoms with Gasteiger partial charge in [-0.1, -0.05) is 0 Å². The number of imidazole rings is 1. The molecule has 2 heterocycles. The quantitative estimate of drug-likeness (QED) is 0.602. The molecule has 3 N–H and O–H groups in total. The minimum Gasteiger partial charge on any atom is -0.466 e. The highest BCUT2D eigenvalue weighted by atomic mass is 16.3. The lowest BCUT2D eigenvalue weighted by Crippen LogP contribution is -2.31. The van der Waals surface area contributed by atoms with E-state index in [0.29, 0.717) is 0 Å². The molecule has 1 unspecified atom stereocenters. The summed E-state index contributed by atoms with van der Waals surface area (Å²) in [5.41, 5.74) is 3.79. The Balaban J connectivity index is 2.44. The number of rotatable bonds is 3. The fourth-order valence-electron chi connectivity index (χ4n) is 1.90. The SMILES string of the molecule is Cc1cc(C(NN)c2nccn2C)c(C)o1. The topological polar surface area (TPSA) is 69.0 Å². The van der Waals surface area contributed by atoms with Crippen LogP contribution in [0.4, 0.5) is 0 Å². The van der Waals surface area contributed by atoms with Gasteiger partial charge in [0.15, 0.2) is 0 Å². The van der Waals surface area contributed by atoms with E-state index in [9.17, 15) is 0 Å². The van der Waals surface area contributed by atoms with Crippen LogP contribution in [-0.4, -0.2) is 9.55 Å². The summed E-state index contributed by atoms with van der Waals surface area (Å²) >= 11 is 0. The molecule has 0 aliphatic rings. The maximum atomic E-state index is 5.60. The Hall–Kier alpha value is -1.59. The smallest absolute Gasteiger partial charge is 0.131 e. The monoisotopic (exact) mass is 220 g/mol. The van der Waals surface area contributed by atoms with E-state index < -0.39 is 0 Å². The molecule has 0 bridgehead atoms. The Labute approximate surface area is 94.2 Å². The van der Waals surface area contributed by atoms with Gasteiger partial charge in [-0.25, -0.2) is 10.4 Å². The second-order valence-electron chi connectivity index (χ2n) is 3.86. The summed E-state index contributed by atoms with van der Waals surface area (Å²) in [6.45, 7) is 3.85. The van der Waals surface area contributed by atoms with Crippen molar-refractivity contribution in [2.45, 2.75) is 19.9 Å². The molecule has 86 valence electrons. The normalized spacial score (nSPS) is 13.0. The van der Waals surface area contributed by atoms with E-state index in [0.717, 1.165) is 22.9 Å². The summed E-state index contributed by atoms with van der Waals surface area (Å²) in [6.07, 6.45) is 3.64. The average Bonchev–Trinajstić information content (AvgIpc) is 2.77. The van der Waals surface area contributed by atoms with Crippen LogP contribution >= 0.6 is 0 Å². The van der Waals surface area contributed by atoms with E-state index in [4.69, 9.17) is 10.3 Å². The first kappa shape index (κ1) is 10.9. The highest BCUT2D eigenvalue weighted by Crippen LogP contribution is 2.25. The Kier molecular flexibility index (Phi) is 2.80. The lowest BCUT2D eigenvalue weighted by atomic mass is 10.1. The van der Waals surface area contributed by atoms with Crippen LogP contribution in [0.3, 0.4) is 0 Å². The lowest BCUT2D eigenvalue weighted by molar-refractivity contribution is 0.491. The molecule has 2 aromatic rings. The predicted molar refractivity (Wildman–Crippen MR) is 60.6 cm³/mol. The molecule has 0 fully saturated rings. The van der Waals surface area contributed by atoms with Gasteiger partial charge in [0.25, 0.3) is 0 Å². The van der Waals surface area contributed by atoms with E-state index in [-0.39, 0.29) is 6.04 Å². The number of nitrogens with zero attached hydrogens (tertiary/aromatic N) is 2. The zero-order valence-corrected chi connectivity index (χ0v) is 9.69. The lowest BCUT2D eigenvalue weighted by Gasteiger charge is -2.14. The van der Waals surface area contributed by atoms with E-state index in [1.165, 1.54) is 0 Å². The van der Waals surface area contributed by atoms with Gasteiger partial charge in [-0.05, 0) is 19.9 Å². The van der Waals surface area contributed by atoms with Crippen LogP contribution in [-0.2, 0) is 7.05 Å². The van der Waals surface area contributed by atoms with Gasteiger partial charge in [0.05, 0.1) is 0 Å². The van der Waals surface area contributed by atoms with Gasteiger partial charge in [-0.15, -0.1) is 0 Å². The molecule has 16 heavy (non-hydrogen) atoms. The van der Waals surface area contributed by atoms with Crippen LogP contribution in [0.5, 0.6) is 0 Å². The number of furan rings is 1. The van der Waals surface area contributed by atoms with Crippen molar-refractivity contribution in [3.63, 3.8) is 0 Å². The Morgan fingerprint density at radius 1 is 1.50 bits per heavy atom. The average molecular weight is 220 g/mol. The summed E-state index contributed by atoms with van der Waals surface area (Å²) in [5, 5.41) is 0. The van der Waals surface area contributed by atoms with Crippen molar-refractivity contribution in [2.75, 3.05) is 0 Å². The fraction of sp³-hybridized carbons (Fsp3) is 0.364. The predicted octanol–water partition coefficient (Wildman–Crippen LogP) is 1.18. The highest BCUT2D eigenvalue weighted by Gasteiger charge is 2.21. The Bertz CT molecular complexity index is 486. The molecule has 5 heteroatoms. The summed E-state index contributed by atoms with van der Waals surface area (Å²) in [5.74, 6) is 8.21. The molecule has 0 radical (unpaired) electrons. The molecule has 0 aromatic carbocycles. The van der Waals surface area contributed by atoms with E-state index in [1.54, 1.807) is 6.20 Å². The Morgan fingerprint density at radius 3 is 2.69 bits per heavy atom. The minimum atomic E-state index is -0.141. The zero-order chi connectivity index (χ0) is 11.7. The fourth-order valence-corrected chi connectivity index (χ4v) is 1.90. The molecular formula is C11H16N4O. The van der Waals surface area contributed by atoms with E-state index in [2.05, 4.69) is 10.4 Å². The standard InChI is InChI=1S/C11H16N4O/c1-7-6-9(8(2)16-7)10(14-12)11-13-4-5-15(11)3/h4-6,10,14H,12H2,1-3H3. The van der Waals surface area contributed by atoms with Crippen LogP contribution < -0.4 is 11.3 Å². The van der Waals surface area contributed by atoms with Crippen molar-refractivity contribution in [1.82, 2.24) is 15.0 Å². The van der Waals surface area contributed by atoms with E-state index in [1.807, 2.05) is 37.7 Å². The maximum Gasteiger partial charge on any atom is 0.131 e. The molecule has 2 rings (SSSR count). The summed E-state index contributed by atoms with van der Waals surface area (Å²) in [6, 6.07) is 1.84. The van der Waals surface area contributed by atoms with Crippen molar-refractivity contribution in [3.8, 4) is 0 Å². The van der Waals surface area contributed by atoms with Gasteiger partial charge in [-0.3, -0.25) is 5.84 Å². The molecule has 0 aliphatic heterocycles. The first-order valence-corrected chi connectivity index (χ1v) is 5.13. The van der Waals surface area contributed by atoms with Crippen LogP contribution in [0, 0.1) is 13.8 Å². The first-order valence-electron chi connectivity index (χ1n) is 5.13. The summed E-state index contributed by atoms with van der Waals surface area (Å²) < 4.78 is 7.44. The number of hydrogen-bond donors (Lipinski definition) is 2. The molecule has 2 aromatic heterocycles. The third-order valence-corrected chi connectivity index (χ3v) is 2.67. The molecule has 0 saturated heterocycles. The van der Waals surface area contributed by atoms with Gasteiger partial charge >= 0.3 is 0 Å². The van der Waals surface area contributed by atoms with Crippen LogP contribution in [0.25, 0.3) is 0 Å². The van der Waals surface area contributed by atoms with Gasteiger partial charge in [0.1, 0.15) is 23.4 Å². The first-order chi connectivity index (χ1) is 7.63. The van der Waals surface area contributed by atoms with Crippen molar-refractivity contribution in [2.24, 2.45) is 12.9 Å². The minimum absolute atomic E-state index is 0.141. The molecule has 0 saturated carbocycles. The van der Waals surface area contributed by atoms with Crippen LogP contribution in [0.1, 0.15) is 29.0 Å². The largest absolute Gasteiger partial charge is 0.466 e. The molecule has 5 nitrogen and oxygen atoms in total. The van der Waals surface area contributed by atoms with Crippen LogP contribution in [0.2, 0.25) is 0 Å². The molecule has 0 aliphatic carbocycles. The number of aromatic nitrogens is 2. The van der Waals surface area contributed by atoms with Crippen LogP contribution in [0.15, 0.2) is 22.9 Å². The summed E-state index contributed by atoms with van der Waals surface area (Å²) in [4.78, 5) is 4.29. The number of aryl methyl sites for hydroxylation is 3. The number of nitrogens with two attached hydrogens (primary N) is 1. The number of hydrogen-bond acceptors (Lipinski definition) is 4. The van der Waals surface area contributed by atoms with Crippen molar-refractivity contribution < 1.29 is 4.42 Å². The Morgan fingerprint density at radius 2 is 2.25 bits per heavy atom. The highest BCUT2D eigenvalue weighted by molar-refractivity contribution is 5.29. The summed E-state index contributed by atoms with van der Waals surface area (Å²) in [7, 11) is 1.94. The van der Waals surface area contributed by atoms with Gasteiger partial charge < -0.3 is 8.98 Å². The second kappa shape index (κ2) is 4.11. The van der Waals surface area contributed by atoms with E-state index >= 15 is 0 Å². The number of hydrazine groups is 1. The maximum absolute atomic E-state index is 5.60. The van der Waals surface area contributed by atoms with Gasteiger partial charge in [0.2, 0.25) is 0 Å². The molecule has 0 amide bonds. The molecular weight excluding hydrogens is 204 g/mol. The third kappa shape index (κ3) is 1.75. The second-order valence-corrected chi connectivity index (χ2v) is 3.86. The number of nitrogens with one attached hydrogen (secondary N) is 1. The molecule has 0 spiro atoms. The van der Waals surface area contributed by atoms with Crippen molar-refractivity contribution in [1.29, 1.82) is 0 Å². The third-order valence-electron chi connectivity index (χ3n) is 2.67. The van der Waals surface area contributed by atoms with Gasteiger partial charge in [0, 0.05) is 25.0 Å².